The maximum Gasteiger partial charge on any atom is 0.409 e. The number of primary amides is 1. The molecule has 0 aliphatic heterocycles. The Kier molecular flexibility index (Phi) is 5.02. The second-order valence-corrected chi connectivity index (χ2v) is 5.98. The van der Waals surface area contributed by atoms with Gasteiger partial charge in [0.15, 0.2) is 0 Å². The summed E-state index contributed by atoms with van der Waals surface area (Å²) in [6, 6.07) is 10.9. The molecule has 0 saturated carbocycles. The molecule has 1 heterocycles. The Balaban J connectivity index is 2.11. The fourth-order valence-corrected chi connectivity index (χ4v) is 2.98. The first-order valence-electron chi connectivity index (χ1n) is 8.28. The van der Waals surface area contributed by atoms with Gasteiger partial charge in [-0.3, -0.25) is 0 Å². The summed E-state index contributed by atoms with van der Waals surface area (Å²) in [6.07, 6.45) is 0.949. The molecule has 3 rings (SSSR count). The molecule has 0 fully saturated rings. The van der Waals surface area contributed by atoms with E-state index in [0.29, 0.717) is 24.0 Å². The van der Waals surface area contributed by atoms with Gasteiger partial charge in [-0.1, -0.05) is 25.5 Å². The molecule has 134 valence electrons. The third-order valence-corrected chi connectivity index (χ3v) is 4.10. The highest BCUT2D eigenvalue weighted by molar-refractivity contribution is 5.83. The molecule has 0 aliphatic rings. The molecule has 0 atom stereocenters. The van der Waals surface area contributed by atoms with Crippen molar-refractivity contribution in [2.24, 2.45) is 5.73 Å². The van der Waals surface area contributed by atoms with E-state index in [4.69, 9.17) is 14.9 Å². The lowest BCUT2D eigenvalue weighted by molar-refractivity contribution is 0.211. The monoisotopic (exact) mass is 355 g/mol. The van der Waals surface area contributed by atoms with Crippen molar-refractivity contribution in [3.05, 3.63) is 75.4 Å². The molecule has 5 nitrogen and oxygen atoms in total. The van der Waals surface area contributed by atoms with Gasteiger partial charge < -0.3 is 14.9 Å². The zero-order valence-electron chi connectivity index (χ0n) is 14.3. The SMILES string of the molecule is CCCc1c(Cc2ccc(F)cc2)c(=O)oc2cc(OC(N)=O)ccc12. The van der Waals surface area contributed by atoms with Crippen molar-refractivity contribution in [2.45, 2.75) is 26.2 Å². The van der Waals surface area contributed by atoms with Crippen molar-refractivity contribution < 1.29 is 18.3 Å². The van der Waals surface area contributed by atoms with Crippen LogP contribution in [-0.2, 0) is 12.8 Å². The molecule has 26 heavy (non-hydrogen) atoms. The zero-order chi connectivity index (χ0) is 18.7. The van der Waals surface area contributed by atoms with Crippen LogP contribution in [0.15, 0.2) is 51.7 Å². The van der Waals surface area contributed by atoms with Gasteiger partial charge in [0.1, 0.15) is 17.1 Å². The lowest BCUT2D eigenvalue weighted by Gasteiger charge is -2.12. The average molecular weight is 355 g/mol. The molecule has 0 unspecified atom stereocenters. The molecule has 2 N–H and O–H groups in total. The van der Waals surface area contributed by atoms with Crippen LogP contribution in [0.2, 0.25) is 0 Å². The van der Waals surface area contributed by atoms with E-state index in [2.05, 4.69) is 0 Å². The largest absolute Gasteiger partial charge is 0.422 e. The Morgan fingerprint density at radius 3 is 2.54 bits per heavy atom. The normalized spacial score (nSPS) is 10.8. The quantitative estimate of drug-likeness (QED) is 0.703. The first-order chi connectivity index (χ1) is 12.5. The molecule has 1 amide bonds. The standard InChI is InChI=1S/C20H18FNO4/c1-2-3-15-16-9-8-14(25-20(22)24)11-18(16)26-19(23)17(15)10-12-4-6-13(21)7-5-12/h4-9,11H,2-3,10H2,1H3,(H2,22,24). The summed E-state index contributed by atoms with van der Waals surface area (Å²) in [5, 5.41) is 0.778. The van der Waals surface area contributed by atoms with E-state index < -0.39 is 11.7 Å². The Morgan fingerprint density at radius 1 is 1.15 bits per heavy atom. The van der Waals surface area contributed by atoms with Crippen LogP contribution in [0, 0.1) is 5.82 Å². The first-order valence-corrected chi connectivity index (χ1v) is 8.28. The van der Waals surface area contributed by atoms with Crippen molar-refractivity contribution in [2.75, 3.05) is 0 Å². The van der Waals surface area contributed by atoms with Crippen molar-refractivity contribution >= 4 is 17.1 Å². The predicted molar refractivity (Wildman–Crippen MR) is 95.9 cm³/mol. The van der Waals surface area contributed by atoms with E-state index in [1.165, 1.54) is 18.2 Å². The van der Waals surface area contributed by atoms with Gasteiger partial charge >= 0.3 is 11.7 Å². The van der Waals surface area contributed by atoms with E-state index in [9.17, 15) is 14.0 Å². The lowest BCUT2D eigenvalue weighted by atomic mass is 9.95. The van der Waals surface area contributed by atoms with E-state index >= 15 is 0 Å². The summed E-state index contributed by atoms with van der Waals surface area (Å²) < 4.78 is 23.4. The van der Waals surface area contributed by atoms with Crippen LogP contribution in [0.1, 0.15) is 30.0 Å². The number of rotatable bonds is 5. The molecule has 2 aromatic carbocycles. The third kappa shape index (κ3) is 3.74. The summed E-state index contributed by atoms with van der Waals surface area (Å²) >= 11 is 0. The third-order valence-electron chi connectivity index (χ3n) is 4.10. The number of halogens is 1. The lowest BCUT2D eigenvalue weighted by Crippen LogP contribution is -2.16. The number of carbonyl (C=O) groups is 1. The molecule has 0 radical (unpaired) electrons. The van der Waals surface area contributed by atoms with Gasteiger partial charge in [-0.05, 0) is 41.8 Å². The minimum Gasteiger partial charge on any atom is -0.422 e. The molecule has 6 heteroatoms. The van der Waals surface area contributed by atoms with Crippen LogP contribution in [0.25, 0.3) is 11.0 Å². The van der Waals surface area contributed by atoms with E-state index in [-0.39, 0.29) is 11.6 Å². The first kappa shape index (κ1) is 17.7. The van der Waals surface area contributed by atoms with Crippen LogP contribution < -0.4 is 16.1 Å². The summed E-state index contributed by atoms with van der Waals surface area (Å²) in [5.41, 5.74) is 7.15. The number of ether oxygens (including phenoxy) is 1. The Morgan fingerprint density at radius 2 is 1.88 bits per heavy atom. The fourth-order valence-electron chi connectivity index (χ4n) is 2.98. The minimum absolute atomic E-state index is 0.210. The second-order valence-electron chi connectivity index (χ2n) is 5.98. The van der Waals surface area contributed by atoms with Crippen molar-refractivity contribution in [1.29, 1.82) is 0 Å². The maximum atomic E-state index is 13.1. The molecule has 0 bridgehead atoms. The minimum atomic E-state index is -0.937. The predicted octanol–water partition coefficient (Wildman–Crippen LogP) is 3.93. The molecular formula is C20H18FNO4. The number of fused-ring (bicyclic) bond motifs is 1. The van der Waals surface area contributed by atoms with Crippen LogP contribution in [0.5, 0.6) is 5.75 Å². The Hall–Kier alpha value is -3.15. The van der Waals surface area contributed by atoms with E-state index in [1.54, 1.807) is 24.3 Å². The average Bonchev–Trinajstić information content (AvgIpc) is 2.59. The van der Waals surface area contributed by atoms with Crippen molar-refractivity contribution in [3.63, 3.8) is 0 Å². The molecule has 0 saturated heterocycles. The van der Waals surface area contributed by atoms with Gasteiger partial charge in [-0.15, -0.1) is 0 Å². The van der Waals surface area contributed by atoms with Gasteiger partial charge in [-0.25, -0.2) is 14.0 Å². The van der Waals surface area contributed by atoms with E-state index in [1.807, 2.05) is 6.92 Å². The van der Waals surface area contributed by atoms with Crippen LogP contribution in [0.3, 0.4) is 0 Å². The Bertz CT molecular complexity index is 1010. The number of hydrogen-bond donors (Lipinski definition) is 1. The summed E-state index contributed by atoms with van der Waals surface area (Å²) in [7, 11) is 0. The van der Waals surface area contributed by atoms with Crippen molar-refractivity contribution in [1.82, 2.24) is 0 Å². The Labute approximate surface area is 149 Å². The number of nitrogens with two attached hydrogens (primary N) is 1. The summed E-state index contributed by atoms with van der Waals surface area (Å²) in [5.74, 6) is -0.114. The van der Waals surface area contributed by atoms with E-state index in [0.717, 1.165) is 22.9 Å². The number of benzene rings is 2. The van der Waals surface area contributed by atoms with Gasteiger partial charge in [-0.2, -0.15) is 0 Å². The van der Waals surface area contributed by atoms with Crippen LogP contribution >= 0.6 is 0 Å². The fraction of sp³-hybridized carbons (Fsp3) is 0.200. The van der Waals surface area contributed by atoms with Gasteiger partial charge in [0.25, 0.3) is 0 Å². The van der Waals surface area contributed by atoms with Gasteiger partial charge in [0, 0.05) is 23.4 Å². The zero-order valence-corrected chi connectivity index (χ0v) is 14.3. The number of hydrogen-bond acceptors (Lipinski definition) is 4. The second kappa shape index (κ2) is 7.39. The summed E-state index contributed by atoms with van der Waals surface area (Å²) in [6.45, 7) is 2.02. The topological polar surface area (TPSA) is 82.5 Å². The highest BCUT2D eigenvalue weighted by Gasteiger charge is 2.16. The molecule has 1 aromatic heterocycles. The number of aryl methyl sites for hydroxylation is 1. The molecule has 0 spiro atoms. The molecule has 3 aromatic rings. The highest BCUT2D eigenvalue weighted by atomic mass is 19.1. The molecular weight excluding hydrogens is 337 g/mol. The van der Waals surface area contributed by atoms with Crippen LogP contribution in [0.4, 0.5) is 9.18 Å². The van der Waals surface area contributed by atoms with Crippen molar-refractivity contribution in [3.8, 4) is 5.75 Å². The van der Waals surface area contributed by atoms with Gasteiger partial charge in [0.05, 0.1) is 0 Å². The smallest absolute Gasteiger partial charge is 0.409 e. The summed E-state index contributed by atoms with van der Waals surface area (Å²) in [4.78, 5) is 23.5. The molecule has 0 aliphatic carbocycles. The van der Waals surface area contributed by atoms with Crippen LogP contribution in [-0.4, -0.2) is 6.09 Å². The highest BCUT2D eigenvalue weighted by Crippen LogP contribution is 2.27. The number of amides is 1. The maximum absolute atomic E-state index is 13.1. The van der Waals surface area contributed by atoms with Gasteiger partial charge in [0.2, 0.25) is 0 Å². The number of carbonyl (C=O) groups excluding carboxylic acids is 1.